The standard InChI is InChI=1S/C18H29N3O3S/c1-14-11-16(23-3)17(24-4)12-15(14)13-20-6-8-21(9-7-20)18(25)19-5-10-22-2/h11-12H,5-10,13H2,1-4H3,(H,19,25). The summed E-state index contributed by atoms with van der Waals surface area (Å²) >= 11 is 5.45. The van der Waals surface area contributed by atoms with E-state index in [1.54, 1.807) is 21.3 Å². The summed E-state index contributed by atoms with van der Waals surface area (Å²) in [6.45, 7) is 8.28. The molecular formula is C18H29N3O3S. The van der Waals surface area contributed by atoms with Gasteiger partial charge in [-0.15, -0.1) is 0 Å². The third kappa shape index (κ3) is 5.45. The lowest BCUT2D eigenvalue weighted by Crippen LogP contribution is -2.51. The molecule has 6 nitrogen and oxygen atoms in total. The molecule has 0 saturated carbocycles. The van der Waals surface area contributed by atoms with Crippen LogP contribution in [0.25, 0.3) is 0 Å². The van der Waals surface area contributed by atoms with Crippen molar-refractivity contribution < 1.29 is 14.2 Å². The summed E-state index contributed by atoms with van der Waals surface area (Å²) in [5, 5.41) is 4.06. The average Bonchev–Trinajstić information content (AvgIpc) is 2.63. The summed E-state index contributed by atoms with van der Waals surface area (Å²) in [4.78, 5) is 4.67. The molecule has 1 aliphatic rings. The zero-order chi connectivity index (χ0) is 18.2. The monoisotopic (exact) mass is 367 g/mol. The van der Waals surface area contributed by atoms with Crippen LogP contribution < -0.4 is 14.8 Å². The Bertz CT molecular complexity index is 575. The largest absolute Gasteiger partial charge is 0.493 e. The Morgan fingerprint density at radius 3 is 2.32 bits per heavy atom. The first kappa shape index (κ1) is 19.8. The van der Waals surface area contributed by atoms with Crippen LogP contribution in [0.1, 0.15) is 11.1 Å². The van der Waals surface area contributed by atoms with Gasteiger partial charge in [-0.25, -0.2) is 0 Å². The zero-order valence-corrected chi connectivity index (χ0v) is 16.4. The lowest BCUT2D eigenvalue weighted by Gasteiger charge is -2.36. The summed E-state index contributed by atoms with van der Waals surface area (Å²) in [5.41, 5.74) is 2.49. The van der Waals surface area contributed by atoms with E-state index in [-0.39, 0.29) is 0 Å². The van der Waals surface area contributed by atoms with E-state index < -0.39 is 0 Å². The molecule has 0 aliphatic carbocycles. The van der Waals surface area contributed by atoms with Crippen molar-refractivity contribution in [3.8, 4) is 11.5 Å². The Kier molecular flexibility index (Phi) is 7.74. The van der Waals surface area contributed by atoms with E-state index in [1.165, 1.54) is 11.1 Å². The average molecular weight is 368 g/mol. The minimum atomic E-state index is 0.665. The van der Waals surface area contributed by atoms with Crippen LogP contribution in [0.3, 0.4) is 0 Å². The van der Waals surface area contributed by atoms with Crippen LogP contribution in [0.2, 0.25) is 0 Å². The fourth-order valence-electron chi connectivity index (χ4n) is 2.91. The molecule has 1 fully saturated rings. The van der Waals surface area contributed by atoms with E-state index in [4.69, 9.17) is 26.4 Å². The van der Waals surface area contributed by atoms with Gasteiger partial charge in [0.1, 0.15) is 0 Å². The van der Waals surface area contributed by atoms with Gasteiger partial charge in [-0.1, -0.05) is 0 Å². The lowest BCUT2D eigenvalue weighted by atomic mass is 10.1. The van der Waals surface area contributed by atoms with Crippen LogP contribution in [0.4, 0.5) is 0 Å². The molecule has 1 saturated heterocycles. The Morgan fingerprint density at radius 2 is 1.72 bits per heavy atom. The number of methoxy groups -OCH3 is 3. The van der Waals surface area contributed by atoms with Crippen LogP contribution in [-0.4, -0.2) is 75.6 Å². The van der Waals surface area contributed by atoms with Crippen molar-refractivity contribution in [1.82, 2.24) is 15.1 Å². The highest BCUT2D eigenvalue weighted by Crippen LogP contribution is 2.30. The van der Waals surface area contributed by atoms with E-state index in [1.807, 2.05) is 6.07 Å². The third-order valence-corrected chi connectivity index (χ3v) is 4.88. The summed E-state index contributed by atoms with van der Waals surface area (Å²) in [7, 11) is 5.03. The number of aryl methyl sites for hydroxylation is 1. The first-order chi connectivity index (χ1) is 12.1. The molecular weight excluding hydrogens is 338 g/mol. The van der Waals surface area contributed by atoms with Crippen molar-refractivity contribution in [2.45, 2.75) is 13.5 Å². The Morgan fingerprint density at radius 1 is 1.08 bits per heavy atom. The molecule has 1 N–H and O–H groups in total. The van der Waals surface area contributed by atoms with Gasteiger partial charge in [-0.05, 0) is 42.4 Å². The quantitative estimate of drug-likeness (QED) is 0.581. The lowest BCUT2D eigenvalue weighted by molar-refractivity contribution is 0.171. The van der Waals surface area contributed by atoms with Crippen molar-refractivity contribution in [2.75, 3.05) is 60.7 Å². The van der Waals surface area contributed by atoms with Crippen molar-refractivity contribution >= 4 is 17.3 Å². The second-order valence-electron chi connectivity index (χ2n) is 6.12. The molecule has 0 unspecified atom stereocenters. The Labute approximate surface area is 156 Å². The zero-order valence-electron chi connectivity index (χ0n) is 15.6. The first-order valence-corrected chi connectivity index (χ1v) is 8.95. The fraction of sp³-hybridized carbons (Fsp3) is 0.611. The van der Waals surface area contributed by atoms with E-state index in [2.05, 4.69) is 28.1 Å². The van der Waals surface area contributed by atoms with Gasteiger partial charge in [0.25, 0.3) is 0 Å². The molecule has 7 heteroatoms. The summed E-state index contributed by atoms with van der Waals surface area (Å²) in [6, 6.07) is 4.12. The molecule has 1 heterocycles. The highest BCUT2D eigenvalue weighted by molar-refractivity contribution is 7.80. The molecule has 0 radical (unpaired) electrons. The Hall–Kier alpha value is -1.57. The molecule has 25 heavy (non-hydrogen) atoms. The van der Waals surface area contributed by atoms with Gasteiger partial charge in [0.05, 0.1) is 20.8 Å². The minimum Gasteiger partial charge on any atom is -0.493 e. The summed E-state index contributed by atoms with van der Waals surface area (Å²) in [5.74, 6) is 1.56. The second kappa shape index (κ2) is 9.79. The molecule has 2 rings (SSSR count). The van der Waals surface area contributed by atoms with Crippen LogP contribution >= 0.6 is 12.2 Å². The maximum Gasteiger partial charge on any atom is 0.169 e. The minimum absolute atomic E-state index is 0.665. The number of hydrogen-bond donors (Lipinski definition) is 1. The molecule has 1 aromatic rings. The summed E-state index contributed by atoms with van der Waals surface area (Å²) < 4.78 is 15.8. The van der Waals surface area contributed by atoms with Crippen LogP contribution in [0.5, 0.6) is 11.5 Å². The molecule has 0 aromatic heterocycles. The van der Waals surface area contributed by atoms with Crippen LogP contribution in [0.15, 0.2) is 12.1 Å². The molecule has 1 aliphatic heterocycles. The Balaban J connectivity index is 1.88. The van der Waals surface area contributed by atoms with Crippen LogP contribution in [-0.2, 0) is 11.3 Å². The number of hydrogen-bond acceptors (Lipinski definition) is 5. The highest BCUT2D eigenvalue weighted by Gasteiger charge is 2.20. The third-order valence-electron chi connectivity index (χ3n) is 4.48. The molecule has 0 bridgehead atoms. The predicted molar refractivity (Wildman–Crippen MR) is 104 cm³/mol. The summed E-state index contributed by atoms with van der Waals surface area (Å²) in [6.07, 6.45) is 0. The SMILES string of the molecule is COCCNC(=S)N1CCN(Cc2cc(OC)c(OC)cc2C)CC1. The van der Waals surface area contributed by atoms with Gasteiger partial charge in [0.15, 0.2) is 16.6 Å². The van der Waals surface area contributed by atoms with Gasteiger partial charge in [-0.3, -0.25) is 4.90 Å². The maximum atomic E-state index is 5.45. The molecule has 1 aromatic carbocycles. The van der Waals surface area contributed by atoms with Crippen molar-refractivity contribution in [2.24, 2.45) is 0 Å². The van der Waals surface area contributed by atoms with Gasteiger partial charge >= 0.3 is 0 Å². The molecule has 0 amide bonds. The highest BCUT2D eigenvalue weighted by atomic mass is 32.1. The predicted octanol–water partition coefficient (Wildman–Crippen LogP) is 1.65. The maximum absolute atomic E-state index is 5.45. The van der Waals surface area contributed by atoms with Crippen molar-refractivity contribution in [3.63, 3.8) is 0 Å². The number of thiocarbonyl (C=S) groups is 1. The topological polar surface area (TPSA) is 46.2 Å². The smallest absolute Gasteiger partial charge is 0.169 e. The second-order valence-corrected chi connectivity index (χ2v) is 6.51. The number of piperazine rings is 1. The number of nitrogens with one attached hydrogen (secondary N) is 1. The molecule has 140 valence electrons. The van der Waals surface area contributed by atoms with E-state index >= 15 is 0 Å². The van der Waals surface area contributed by atoms with E-state index in [9.17, 15) is 0 Å². The van der Waals surface area contributed by atoms with Crippen molar-refractivity contribution in [1.29, 1.82) is 0 Å². The van der Waals surface area contributed by atoms with E-state index in [0.717, 1.165) is 55.9 Å². The van der Waals surface area contributed by atoms with Gasteiger partial charge < -0.3 is 24.4 Å². The van der Waals surface area contributed by atoms with Gasteiger partial charge in [0.2, 0.25) is 0 Å². The molecule has 0 spiro atoms. The van der Waals surface area contributed by atoms with Crippen molar-refractivity contribution in [3.05, 3.63) is 23.3 Å². The van der Waals surface area contributed by atoms with E-state index in [0.29, 0.717) is 6.61 Å². The molecule has 0 atom stereocenters. The first-order valence-electron chi connectivity index (χ1n) is 8.54. The number of nitrogens with zero attached hydrogens (tertiary/aromatic N) is 2. The normalized spacial score (nSPS) is 15.1. The van der Waals surface area contributed by atoms with Gasteiger partial charge in [0, 0.05) is 46.4 Å². The number of benzene rings is 1. The number of ether oxygens (including phenoxy) is 3. The van der Waals surface area contributed by atoms with Gasteiger partial charge in [-0.2, -0.15) is 0 Å². The van der Waals surface area contributed by atoms with Crippen LogP contribution in [0, 0.1) is 6.92 Å². The fourth-order valence-corrected chi connectivity index (χ4v) is 3.20. The number of rotatable bonds is 7.